The number of hydrogen-bond acceptors (Lipinski definition) is 6. The van der Waals surface area contributed by atoms with Crippen LogP contribution in [0, 0.1) is 0 Å². The number of carbonyl (C=O) groups is 1. The van der Waals surface area contributed by atoms with Crippen LogP contribution in [0.25, 0.3) is 22.2 Å². The number of aromatic nitrogens is 4. The summed E-state index contributed by atoms with van der Waals surface area (Å²) in [6.45, 7) is 4.48. The third-order valence-electron chi connectivity index (χ3n) is 5.47. The highest BCUT2D eigenvalue weighted by molar-refractivity contribution is 5.90. The lowest BCUT2D eigenvalue weighted by atomic mass is 10.1. The van der Waals surface area contributed by atoms with Gasteiger partial charge in [0.15, 0.2) is 0 Å². The van der Waals surface area contributed by atoms with Crippen molar-refractivity contribution >= 4 is 29.0 Å². The fourth-order valence-corrected chi connectivity index (χ4v) is 3.82. The molecule has 0 bridgehead atoms. The van der Waals surface area contributed by atoms with E-state index in [4.69, 9.17) is 0 Å². The molecule has 0 spiro atoms. The molecule has 1 unspecified atom stereocenters. The molecule has 4 N–H and O–H groups in total. The maximum Gasteiger partial charge on any atom is 0.321 e. The van der Waals surface area contributed by atoms with Crippen LogP contribution >= 0.6 is 0 Å². The van der Waals surface area contributed by atoms with Gasteiger partial charge in [-0.05, 0) is 57.5 Å². The summed E-state index contributed by atoms with van der Waals surface area (Å²) in [5.41, 5.74) is 3.50. The second kappa shape index (κ2) is 9.08. The van der Waals surface area contributed by atoms with Crippen molar-refractivity contribution in [1.29, 1.82) is 0 Å². The number of carbonyl (C=O) groups excluding carboxylic acids is 1. The Morgan fingerprint density at radius 2 is 2.10 bits per heavy atom. The predicted octanol–water partition coefficient (Wildman–Crippen LogP) is 3.06. The zero-order valence-corrected chi connectivity index (χ0v) is 17.4. The standard InChI is InChI=1S/C21H28N8O/c1-3-22-21(30)28-20-26-17-7-6-14(11-18(17)27-20)15-12-24-19(25-13-15)23-9-8-16-5-4-10-29(16)2/h6-7,11-13,16H,3-5,8-10H2,1-2H3,(H,23,24,25)(H3,22,26,27,28,30). The lowest BCUT2D eigenvalue weighted by molar-refractivity contribution is 0.252. The van der Waals surface area contributed by atoms with Gasteiger partial charge in [0.05, 0.1) is 11.0 Å². The van der Waals surface area contributed by atoms with E-state index in [0.29, 0.717) is 24.5 Å². The molecule has 2 aromatic heterocycles. The Kier molecular flexibility index (Phi) is 6.08. The van der Waals surface area contributed by atoms with E-state index in [2.05, 4.69) is 47.8 Å². The first kappa shape index (κ1) is 20.1. The van der Waals surface area contributed by atoms with Crippen LogP contribution in [-0.4, -0.2) is 63.6 Å². The average Bonchev–Trinajstić information content (AvgIpc) is 3.33. The van der Waals surface area contributed by atoms with Gasteiger partial charge in [-0.25, -0.2) is 19.7 Å². The molecule has 1 aliphatic heterocycles. The third kappa shape index (κ3) is 4.68. The SMILES string of the molecule is CCNC(=O)Nc1nc2cc(-c3cnc(NCCC4CCCN4C)nc3)ccc2[nH]1. The van der Waals surface area contributed by atoms with Crippen LogP contribution in [0.1, 0.15) is 26.2 Å². The molecule has 1 fully saturated rings. The molecule has 0 aliphatic carbocycles. The average molecular weight is 409 g/mol. The van der Waals surface area contributed by atoms with Crippen molar-refractivity contribution in [1.82, 2.24) is 30.2 Å². The van der Waals surface area contributed by atoms with E-state index in [0.717, 1.165) is 35.1 Å². The Balaban J connectivity index is 1.38. The number of nitrogens with one attached hydrogen (secondary N) is 4. The number of rotatable bonds is 7. The number of anilines is 2. The molecule has 0 saturated carbocycles. The number of urea groups is 1. The van der Waals surface area contributed by atoms with Gasteiger partial charge in [0.2, 0.25) is 11.9 Å². The summed E-state index contributed by atoms with van der Waals surface area (Å²) < 4.78 is 0. The molecule has 9 heteroatoms. The van der Waals surface area contributed by atoms with Crippen LogP contribution in [0.15, 0.2) is 30.6 Å². The Labute approximate surface area is 175 Å². The zero-order valence-electron chi connectivity index (χ0n) is 17.4. The Bertz CT molecular complexity index is 1000. The van der Waals surface area contributed by atoms with Crippen molar-refractivity contribution in [3.63, 3.8) is 0 Å². The van der Waals surface area contributed by atoms with Crippen molar-refractivity contribution < 1.29 is 4.79 Å². The molecule has 1 aromatic carbocycles. The van der Waals surface area contributed by atoms with E-state index < -0.39 is 0 Å². The van der Waals surface area contributed by atoms with Crippen molar-refractivity contribution in [3.05, 3.63) is 30.6 Å². The molecule has 1 atom stereocenters. The minimum atomic E-state index is -0.284. The molecular weight excluding hydrogens is 380 g/mol. The fraction of sp³-hybridized carbons (Fsp3) is 0.429. The summed E-state index contributed by atoms with van der Waals surface area (Å²) in [6, 6.07) is 6.25. The van der Waals surface area contributed by atoms with Gasteiger partial charge in [-0.3, -0.25) is 5.32 Å². The number of fused-ring (bicyclic) bond motifs is 1. The first-order valence-electron chi connectivity index (χ1n) is 10.4. The maximum absolute atomic E-state index is 11.7. The molecule has 1 saturated heterocycles. The van der Waals surface area contributed by atoms with Crippen molar-refractivity contribution in [3.8, 4) is 11.1 Å². The molecular formula is C21H28N8O. The number of likely N-dealkylation sites (tertiary alicyclic amines) is 1. The molecule has 4 rings (SSSR count). The lowest BCUT2D eigenvalue weighted by Gasteiger charge is -2.19. The van der Waals surface area contributed by atoms with E-state index >= 15 is 0 Å². The number of aromatic amines is 1. The molecule has 1 aliphatic rings. The quantitative estimate of drug-likeness (QED) is 0.478. The van der Waals surface area contributed by atoms with Gasteiger partial charge in [0.1, 0.15) is 0 Å². The fourth-order valence-electron chi connectivity index (χ4n) is 3.82. The zero-order chi connectivity index (χ0) is 20.9. The van der Waals surface area contributed by atoms with E-state index in [-0.39, 0.29) is 6.03 Å². The summed E-state index contributed by atoms with van der Waals surface area (Å²) in [4.78, 5) is 30.5. The Hall–Kier alpha value is -3.20. The summed E-state index contributed by atoms with van der Waals surface area (Å²) in [5, 5.41) is 8.69. The highest BCUT2D eigenvalue weighted by atomic mass is 16.2. The van der Waals surface area contributed by atoms with Gasteiger partial charge in [0, 0.05) is 37.1 Å². The van der Waals surface area contributed by atoms with Gasteiger partial charge in [-0.15, -0.1) is 0 Å². The normalized spacial score (nSPS) is 16.7. The molecule has 0 radical (unpaired) electrons. The summed E-state index contributed by atoms with van der Waals surface area (Å²) in [6.07, 6.45) is 7.30. The number of amides is 2. The van der Waals surface area contributed by atoms with Crippen LogP contribution in [-0.2, 0) is 0 Å². The number of H-pyrrole nitrogens is 1. The van der Waals surface area contributed by atoms with E-state index in [1.165, 1.54) is 19.4 Å². The van der Waals surface area contributed by atoms with Crippen LogP contribution in [0.3, 0.4) is 0 Å². The first-order valence-corrected chi connectivity index (χ1v) is 10.4. The molecule has 3 aromatic rings. The van der Waals surface area contributed by atoms with Gasteiger partial charge >= 0.3 is 6.03 Å². The number of imidazole rings is 1. The lowest BCUT2D eigenvalue weighted by Crippen LogP contribution is -2.28. The number of nitrogens with zero attached hydrogens (tertiary/aromatic N) is 4. The van der Waals surface area contributed by atoms with E-state index in [9.17, 15) is 4.79 Å². The van der Waals surface area contributed by atoms with Crippen LogP contribution in [0.4, 0.5) is 16.7 Å². The van der Waals surface area contributed by atoms with Gasteiger partial charge in [-0.1, -0.05) is 6.07 Å². The van der Waals surface area contributed by atoms with Crippen LogP contribution in [0.5, 0.6) is 0 Å². The van der Waals surface area contributed by atoms with Crippen molar-refractivity contribution in [2.45, 2.75) is 32.2 Å². The molecule has 2 amide bonds. The van der Waals surface area contributed by atoms with Gasteiger partial charge in [-0.2, -0.15) is 0 Å². The second-order valence-electron chi connectivity index (χ2n) is 7.59. The number of hydrogen-bond donors (Lipinski definition) is 4. The first-order chi connectivity index (χ1) is 14.6. The summed E-state index contributed by atoms with van der Waals surface area (Å²) >= 11 is 0. The smallest absolute Gasteiger partial charge is 0.321 e. The summed E-state index contributed by atoms with van der Waals surface area (Å²) in [5.74, 6) is 1.06. The Morgan fingerprint density at radius 1 is 1.27 bits per heavy atom. The minimum Gasteiger partial charge on any atom is -0.354 e. The molecule has 30 heavy (non-hydrogen) atoms. The number of benzene rings is 1. The molecule has 9 nitrogen and oxygen atoms in total. The highest BCUT2D eigenvalue weighted by Crippen LogP contribution is 2.24. The van der Waals surface area contributed by atoms with Crippen molar-refractivity contribution in [2.24, 2.45) is 0 Å². The molecule has 3 heterocycles. The minimum absolute atomic E-state index is 0.284. The van der Waals surface area contributed by atoms with Gasteiger partial charge < -0.3 is 20.5 Å². The monoisotopic (exact) mass is 408 g/mol. The Morgan fingerprint density at radius 3 is 2.83 bits per heavy atom. The molecule has 158 valence electrons. The van der Waals surface area contributed by atoms with Crippen LogP contribution < -0.4 is 16.0 Å². The van der Waals surface area contributed by atoms with Crippen LogP contribution in [0.2, 0.25) is 0 Å². The van der Waals surface area contributed by atoms with Gasteiger partial charge in [0.25, 0.3) is 0 Å². The largest absolute Gasteiger partial charge is 0.354 e. The maximum atomic E-state index is 11.7. The summed E-state index contributed by atoms with van der Waals surface area (Å²) in [7, 11) is 2.19. The van der Waals surface area contributed by atoms with Crippen molar-refractivity contribution in [2.75, 3.05) is 37.3 Å². The predicted molar refractivity (Wildman–Crippen MR) is 119 cm³/mol. The second-order valence-corrected chi connectivity index (χ2v) is 7.59. The third-order valence-corrected chi connectivity index (χ3v) is 5.47. The van der Waals surface area contributed by atoms with E-state index in [1.807, 2.05) is 37.5 Å². The topological polar surface area (TPSA) is 111 Å². The highest BCUT2D eigenvalue weighted by Gasteiger charge is 2.20. The van der Waals surface area contributed by atoms with E-state index in [1.54, 1.807) is 0 Å².